The van der Waals surface area contributed by atoms with Gasteiger partial charge in [0.2, 0.25) is 0 Å². The van der Waals surface area contributed by atoms with Crippen LogP contribution in [-0.4, -0.2) is 26.1 Å². The van der Waals surface area contributed by atoms with Crippen LogP contribution in [0.3, 0.4) is 0 Å². The summed E-state index contributed by atoms with van der Waals surface area (Å²) < 4.78 is 4.65. The van der Waals surface area contributed by atoms with E-state index in [2.05, 4.69) is 40.8 Å². The molecule has 0 amide bonds. The van der Waals surface area contributed by atoms with Crippen molar-refractivity contribution in [3.63, 3.8) is 0 Å². The number of aromatic nitrogens is 1. The number of methoxy groups -OCH3 is 1. The molecule has 0 aliphatic heterocycles. The third-order valence-corrected chi connectivity index (χ3v) is 2.63. The van der Waals surface area contributed by atoms with Gasteiger partial charge < -0.3 is 4.74 Å². The number of ether oxygens (including phenoxy) is 1. The molecule has 0 N–H and O–H groups in total. The third-order valence-electron chi connectivity index (χ3n) is 1.76. The highest BCUT2D eigenvalue weighted by Gasteiger charge is 2.12. The van der Waals surface area contributed by atoms with Gasteiger partial charge in [-0.3, -0.25) is 0 Å². The average Bonchev–Trinajstić information content (AvgIpc) is 2.25. The molecule has 0 atom stereocenters. The van der Waals surface area contributed by atoms with E-state index in [1.807, 2.05) is 0 Å². The van der Waals surface area contributed by atoms with Gasteiger partial charge in [0.15, 0.2) is 5.69 Å². The molecule has 3 nitrogen and oxygen atoms in total. The van der Waals surface area contributed by atoms with Crippen LogP contribution < -0.4 is 0 Å². The highest BCUT2D eigenvalue weighted by molar-refractivity contribution is 6.83. The van der Waals surface area contributed by atoms with Crippen LogP contribution in [-0.2, 0) is 4.74 Å². The second kappa shape index (κ2) is 4.95. The first-order valence-electron chi connectivity index (χ1n) is 5.00. The van der Waals surface area contributed by atoms with E-state index in [-0.39, 0.29) is 5.69 Å². The predicted octanol–water partition coefficient (Wildman–Crippen LogP) is 2.10. The molecule has 4 heteroatoms. The smallest absolute Gasteiger partial charge is 0.357 e. The number of hydrogen-bond donors (Lipinski definition) is 0. The zero-order valence-corrected chi connectivity index (χ0v) is 11.0. The summed E-state index contributed by atoms with van der Waals surface area (Å²) in [5.41, 5.74) is 4.12. The molecule has 0 aromatic carbocycles. The van der Waals surface area contributed by atoms with Gasteiger partial charge in [-0.05, 0) is 12.1 Å². The van der Waals surface area contributed by atoms with Gasteiger partial charge in [-0.15, -0.1) is 5.54 Å². The Hall–Kier alpha value is -1.60. The summed E-state index contributed by atoms with van der Waals surface area (Å²) in [5.74, 6) is 2.57. The Balaban J connectivity index is 3.13. The molecule has 1 heterocycles. The van der Waals surface area contributed by atoms with Gasteiger partial charge in [-0.25, -0.2) is 9.78 Å². The van der Waals surface area contributed by atoms with Gasteiger partial charge in [-0.2, -0.15) is 0 Å². The van der Waals surface area contributed by atoms with Crippen LogP contribution in [0.15, 0.2) is 18.3 Å². The number of pyridine rings is 1. The maximum Gasteiger partial charge on any atom is 0.357 e. The predicted molar refractivity (Wildman–Crippen MR) is 65.8 cm³/mol. The second-order valence-corrected chi connectivity index (χ2v) is 9.14. The number of esters is 1. The summed E-state index contributed by atoms with van der Waals surface area (Å²) in [5, 5.41) is 0. The Morgan fingerprint density at radius 1 is 1.44 bits per heavy atom. The van der Waals surface area contributed by atoms with Gasteiger partial charge in [0.25, 0.3) is 0 Å². The third kappa shape index (κ3) is 3.52. The van der Waals surface area contributed by atoms with Crippen molar-refractivity contribution in [2.24, 2.45) is 0 Å². The van der Waals surface area contributed by atoms with E-state index in [1.165, 1.54) is 7.11 Å². The number of carbonyl (C=O) groups excluding carboxylic acids is 1. The van der Waals surface area contributed by atoms with Gasteiger partial charge in [0.1, 0.15) is 8.07 Å². The van der Waals surface area contributed by atoms with Crippen LogP contribution in [0.1, 0.15) is 16.1 Å². The first-order valence-corrected chi connectivity index (χ1v) is 8.50. The summed E-state index contributed by atoms with van der Waals surface area (Å²) in [6.45, 7) is 6.44. The highest BCUT2D eigenvalue weighted by Crippen LogP contribution is 2.06. The molecule has 0 saturated heterocycles. The lowest BCUT2D eigenvalue weighted by Gasteiger charge is -2.04. The van der Waals surface area contributed by atoms with Crippen LogP contribution in [0.5, 0.6) is 0 Å². The quantitative estimate of drug-likeness (QED) is 0.423. The molecule has 84 valence electrons. The first-order chi connectivity index (χ1) is 7.44. The number of hydrogen-bond acceptors (Lipinski definition) is 3. The molecule has 0 spiro atoms. The summed E-state index contributed by atoms with van der Waals surface area (Å²) in [4.78, 5) is 15.4. The molecule has 1 rings (SSSR count). The lowest BCUT2D eigenvalue weighted by atomic mass is 10.2. The Morgan fingerprint density at radius 2 is 2.12 bits per heavy atom. The second-order valence-electron chi connectivity index (χ2n) is 4.39. The van der Waals surface area contributed by atoms with Crippen molar-refractivity contribution in [3.05, 3.63) is 29.6 Å². The largest absolute Gasteiger partial charge is 0.464 e. The van der Waals surface area contributed by atoms with E-state index in [0.717, 1.165) is 0 Å². The SMILES string of the molecule is COC(=O)c1ncccc1C#C[Si](C)(C)C. The van der Waals surface area contributed by atoms with E-state index < -0.39 is 14.0 Å². The molecule has 0 saturated carbocycles. The fourth-order valence-corrected chi connectivity index (χ4v) is 1.53. The minimum absolute atomic E-state index is 0.288. The molecule has 0 radical (unpaired) electrons. The normalized spacial score (nSPS) is 10.2. The van der Waals surface area contributed by atoms with E-state index in [9.17, 15) is 4.79 Å². The van der Waals surface area contributed by atoms with Crippen LogP contribution >= 0.6 is 0 Å². The summed E-state index contributed by atoms with van der Waals surface area (Å²) in [6, 6.07) is 3.55. The molecule has 1 aromatic heterocycles. The Labute approximate surface area is 96.9 Å². The lowest BCUT2D eigenvalue weighted by molar-refractivity contribution is 0.0593. The molecule has 1 aromatic rings. The fourth-order valence-electron chi connectivity index (χ4n) is 1.02. The van der Waals surface area contributed by atoms with E-state index >= 15 is 0 Å². The van der Waals surface area contributed by atoms with E-state index in [4.69, 9.17) is 0 Å². The molecule has 0 unspecified atom stereocenters. The number of nitrogens with zero attached hydrogens (tertiary/aromatic N) is 1. The maximum atomic E-state index is 11.4. The molecule has 0 aliphatic carbocycles. The van der Waals surface area contributed by atoms with E-state index in [0.29, 0.717) is 5.56 Å². The van der Waals surface area contributed by atoms with Crippen molar-refractivity contribution < 1.29 is 9.53 Å². The van der Waals surface area contributed by atoms with Crippen molar-refractivity contribution in [2.75, 3.05) is 7.11 Å². The standard InChI is InChI=1S/C12H15NO2Si/c1-15-12(14)11-10(6-5-8-13-11)7-9-16(2,3)4/h5-6,8H,1-4H3. The fraction of sp³-hybridized carbons (Fsp3) is 0.333. The Kier molecular flexibility index (Phi) is 3.86. The summed E-state index contributed by atoms with van der Waals surface area (Å²) in [7, 11) is -0.109. The molecule has 0 bridgehead atoms. The van der Waals surface area contributed by atoms with Crippen molar-refractivity contribution in [1.29, 1.82) is 0 Å². The van der Waals surface area contributed by atoms with Gasteiger partial charge >= 0.3 is 5.97 Å². The molecule has 0 fully saturated rings. The van der Waals surface area contributed by atoms with Crippen LogP contribution in [0.2, 0.25) is 19.6 Å². The summed E-state index contributed by atoms with van der Waals surface area (Å²) >= 11 is 0. The zero-order chi connectivity index (χ0) is 12.2. The molecule has 16 heavy (non-hydrogen) atoms. The van der Waals surface area contributed by atoms with Gasteiger partial charge in [0, 0.05) is 6.20 Å². The van der Waals surface area contributed by atoms with Crippen LogP contribution in [0.25, 0.3) is 0 Å². The maximum absolute atomic E-state index is 11.4. The first kappa shape index (κ1) is 12.5. The van der Waals surface area contributed by atoms with Gasteiger partial charge in [-0.1, -0.05) is 25.6 Å². The molecular formula is C12H15NO2Si. The Morgan fingerprint density at radius 3 is 2.69 bits per heavy atom. The van der Waals surface area contributed by atoms with Crippen LogP contribution in [0.4, 0.5) is 0 Å². The zero-order valence-electron chi connectivity index (χ0n) is 10.00. The molecule has 0 aliphatic rings. The number of carbonyl (C=O) groups is 1. The highest BCUT2D eigenvalue weighted by atomic mass is 28.3. The van der Waals surface area contributed by atoms with Crippen LogP contribution in [0, 0.1) is 11.5 Å². The topological polar surface area (TPSA) is 39.2 Å². The average molecular weight is 233 g/mol. The molecular weight excluding hydrogens is 218 g/mol. The van der Waals surface area contributed by atoms with Crippen molar-refractivity contribution in [1.82, 2.24) is 4.98 Å². The van der Waals surface area contributed by atoms with Gasteiger partial charge in [0.05, 0.1) is 12.7 Å². The minimum atomic E-state index is -1.45. The van der Waals surface area contributed by atoms with Crippen molar-refractivity contribution in [3.8, 4) is 11.5 Å². The van der Waals surface area contributed by atoms with E-state index in [1.54, 1.807) is 18.3 Å². The number of rotatable bonds is 1. The summed E-state index contributed by atoms with van der Waals surface area (Å²) in [6.07, 6.45) is 1.56. The minimum Gasteiger partial charge on any atom is -0.464 e. The monoisotopic (exact) mass is 233 g/mol. The lowest BCUT2D eigenvalue weighted by Crippen LogP contribution is -2.16. The Bertz CT molecular complexity index is 452. The van der Waals surface area contributed by atoms with Crippen molar-refractivity contribution in [2.45, 2.75) is 19.6 Å². The van der Waals surface area contributed by atoms with Crippen molar-refractivity contribution >= 4 is 14.0 Å².